The Morgan fingerprint density at radius 3 is 2.08 bits per heavy atom. The van der Waals surface area contributed by atoms with Gasteiger partial charge < -0.3 is 10.2 Å². The number of aliphatic hydroxyl groups is 1. The number of halogens is 1. The summed E-state index contributed by atoms with van der Waals surface area (Å²) in [6, 6.07) is 0. The molecular formula is C7H7ClO4. The first kappa shape index (κ1) is 10.7. The summed E-state index contributed by atoms with van der Waals surface area (Å²) in [4.78, 5) is 20.5. The van der Waals surface area contributed by atoms with Gasteiger partial charge in [-0.1, -0.05) is 11.6 Å². The summed E-state index contributed by atoms with van der Waals surface area (Å²) >= 11 is 5.33. The van der Waals surface area contributed by atoms with Crippen molar-refractivity contribution < 1.29 is 19.8 Å². The van der Waals surface area contributed by atoms with Crippen LogP contribution >= 0.6 is 11.6 Å². The van der Waals surface area contributed by atoms with E-state index in [-0.39, 0.29) is 5.03 Å². The fraction of sp³-hybridized carbons (Fsp3) is 0.143. The lowest BCUT2D eigenvalue weighted by Gasteiger charge is -1.89. The van der Waals surface area contributed by atoms with E-state index in [9.17, 15) is 9.59 Å². The molecule has 0 radical (unpaired) electrons. The summed E-state index contributed by atoms with van der Waals surface area (Å²) in [7, 11) is 0. The summed E-state index contributed by atoms with van der Waals surface area (Å²) in [6.45, 7) is 1.23. The highest BCUT2D eigenvalue weighted by Crippen LogP contribution is 2.03. The summed E-state index contributed by atoms with van der Waals surface area (Å²) in [6.07, 6.45) is 1.86. The van der Waals surface area contributed by atoms with Crippen molar-refractivity contribution in [2.75, 3.05) is 0 Å². The second-order valence-electron chi connectivity index (χ2n) is 1.93. The number of rotatable bonds is 3. The molecule has 0 spiro atoms. The maximum absolute atomic E-state index is 10.5. The Morgan fingerprint density at radius 2 is 1.75 bits per heavy atom. The molecule has 0 aromatic heterocycles. The predicted octanol–water partition coefficient (Wildman–Crippen LogP) is 1.22. The van der Waals surface area contributed by atoms with E-state index in [0.717, 1.165) is 12.2 Å². The van der Waals surface area contributed by atoms with Gasteiger partial charge in [0.25, 0.3) is 0 Å². The zero-order valence-electron chi connectivity index (χ0n) is 6.24. The number of carbonyl (C=O) groups excluding carboxylic acids is 1. The first-order chi connectivity index (χ1) is 5.45. The molecule has 0 aliphatic rings. The van der Waals surface area contributed by atoms with Gasteiger partial charge >= 0.3 is 5.97 Å². The average Bonchev–Trinajstić information content (AvgIpc) is 1.98. The molecule has 0 bridgehead atoms. The number of ketones is 1. The Kier molecular flexibility index (Phi) is 4.07. The lowest BCUT2D eigenvalue weighted by atomic mass is 10.3. The molecule has 0 aliphatic carbocycles. The van der Waals surface area contributed by atoms with E-state index < -0.39 is 17.5 Å². The van der Waals surface area contributed by atoms with E-state index in [4.69, 9.17) is 21.8 Å². The third kappa shape index (κ3) is 3.78. The molecular weight excluding hydrogens is 184 g/mol. The smallest absolute Gasteiger partial charge is 0.370 e. The highest BCUT2D eigenvalue weighted by Gasteiger charge is 2.02. The number of Topliss-reactive ketones (excluding diaryl/α,β-unsaturated/α-hetero) is 1. The van der Waals surface area contributed by atoms with Crippen LogP contribution in [0.4, 0.5) is 0 Å². The number of aliphatic carboxylic acids is 1. The largest absolute Gasteiger partial charge is 0.502 e. The van der Waals surface area contributed by atoms with E-state index >= 15 is 0 Å². The van der Waals surface area contributed by atoms with Gasteiger partial charge in [0.1, 0.15) is 0 Å². The highest BCUT2D eigenvalue weighted by molar-refractivity contribution is 6.42. The van der Waals surface area contributed by atoms with E-state index in [1.54, 1.807) is 0 Å². The lowest BCUT2D eigenvalue weighted by Crippen LogP contribution is -1.98. The Hall–Kier alpha value is -1.29. The molecule has 0 saturated heterocycles. The SMILES string of the molecule is CC(=O)C(Cl)=CC=C(O)C(=O)O. The van der Waals surface area contributed by atoms with Crippen LogP contribution < -0.4 is 0 Å². The molecule has 4 nitrogen and oxygen atoms in total. The number of hydrogen-bond acceptors (Lipinski definition) is 3. The average molecular weight is 191 g/mol. The van der Waals surface area contributed by atoms with Gasteiger partial charge in [0.15, 0.2) is 5.78 Å². The van der Waals surface area contributed by atoms with Crippen molar-refractivity contribution in [1.29, 1.82) is 0 Å². The number of aliphatic hydroxyl groups excluding tert-OH is 1. The highest BCUT2D eigenvalue weighted by atomic mass is 35.5. The third-order valence-corrected chi connectivity index (χ3v) is 1.34. The van der Waals surface area contributed by atoms with Gasteiger partial charge in [0, 0.05) is 6.92 Å². The summed E-state index contributed by atoms with van der Waals surface area (Å²) in [5.41, 5.74) is 0. The quantitative estimate of drug-likeness (QED) is 0.399. The molecule has 0 saturated carbocycles. The molecule has 0 rings (SSSR count). The Balaban J connectivity index is 4.48. The first-order valence-corrected chi connectivity index (χ1v) is 3.33. The molecule has 0 fully saturated rings. The molecule has 0 aromatic rings. The van der Waals surface area contributed by atoms with Crippen LogP contribution in [0.25, 0.3) is 0 Å². The molecule has 0 atom stereocenters. The minimum absolute atomic E-state index is 0.136. The third-order valence-electron chi connectivity index (χ3n) is 0.943. The second kappa shape index (κ2) is 4.56. The van der Waals surface area contributed by atoms with E-state index in [1.165, 1.54) is 6.92 Å². The predicted molar refractivity (Wildman–Crippen MR) is 43.0 cm³/mol. The Bertz CT molecular complexity index is 237. The van der Waals surface area contributed by atoms with Gasteiger partial charge in [-0.05, 0) is 12.2 Å². The van der Waals surface area contributed by atoms with Gasteiger partial charge in [-0.2, -0.15) is 0 Å². The Morgan fingerprint density at radius 1 is 1.25 bits per heavy atom. The number of hydrogen-bond donors (Lipinski definition) is 2. The molecule has 12 heavy (non-hydrogen) atoms. The Labute approximate surface area is 73.8 Å². The molecule has 0 heterocycles. The van der Waals surface area contributed by atoms with E-state index in [2.05, 4.69) is 0 Å². The van der Waals surface area contributed by atoms with Crippen LogP contribution in [0, 0.1) is 0 Å². The lowest BCUT2D eigenvalue weighted by molar-refractivity contribution is -0.135. The monoisotopic (exact) mass is 190 g/mol. The van der Waals surface area contributed by atoms with Gasteiger partial charge in [-0.15, -0.1) is 0 Å². The van der Waals surface area contributed by atoms with Gasteiger partial charge in [0.2, 0.25) is 5.76 Å². The molecule has 2 N–H and O–H groups in total. The van der Waals surface area contributed by atoms with E-state index in [0.29, 0.717) is 0 Å². The van der Waals surface area contributed by atoms with Crippen LogP contribution in [0.5, 0.6) is 0 Å². The fourth-order valence-corrected chi connectivity index (χ4v) is 0.404. The summed E-state index contributed by atoms with van der Waals surface area (Å²) in [5.74, 6) is -2.74. The van der Waals surface area contributed by atoms with Crippen LogP contribution in [-0.2, 0) is 9.59 Å². The zero-order valence-corrected chi connectivity index (χ0v) is 7.00. The molecule has 0 unspecified atom stereocenters. The van der Waals surface area contributed by atoms with Crippen molar-refractivity contribution in [3.63, 3.8) is 0 Å². The van der Waals surface area contributed by atoms with Crippen molar-refractivity contribution >= 4 is 23.4 Å². The van der Waals surface area contributed by atoms with Crippen molar-refractivity contribution in [2.45, 2.75) is 6.92 Å². The van der Waals surface area contributed by atoms with Crippen molar-refractivity contribution in [1.82, 2.24) is 0 Å². The van der Waals surface area contributed by atoms with Crippen LogP contribution in [0.15, 0.2) is 22.9 Å². The maximum atomic E-state index is 10.5. The second-order valence-corrected chi connectivity index (χ2v) is 2.34. The summed E-state index contributed by atoms with van der Waals surface area (Å²) < 4.78 is 0. The molecule has 0 amide bonds. The van der Waals surface area contributed by atoms with Crippen LogP contribution in [0.2, 0.25) is 0 Å². The standard InChI is InChI=1S/C7H7ClO4/c1-4(9)5(8)2-3-6(10)7(11)12/h2-3,10H,1H3,(H,11,12). The number of carbonyl (C=O) groups is 2. The number of allylic oxidation sites excluding steroid dienone is 3. The van der Waals surface area contributed by atoms with Gasteiger partial charge in [-0.3, -0.25) is 4.79 Å². The van der Waals surface area contributed by atoms with E-state index in [1.807, 2.05) is 0 Å². The van der Waals surface area contributed by atoms with Crippen LogP contribution in [-0.4, -0.2) is 22.0 Å². The van der Waals surface area contributed by atoms with Crippen LogP contribution in [0.1, 0.15) is 6.92 Å². The zero-order chi connectivity index (χ0) is 9.72. The van der Waals surface area contributed by atoms with Crippen molar-refractivity contribution in [3.8, 4) is 0 Å². The summed E-state index contributed by atoms with van der Waals surface area (Å²) in [5, 5.41) is 16.6. The minimum Gasteiger partial charge on any atom is -0.502 e. The maximum Gasteiger partial charge on any atom is 0.370 e. The molecule has 0 aliphatic heterocycles. The molecule has 66 valence electrons. The normalized spacial score (nSPS) is 12.8. The topological polar surface area (TPSA) is 74.6 Å². The van der Waals surface area contributed by atoms with Crippen LogP contribution in [0.3, 0.4) is 0 Å². The van der Waals surface area contributed by atoms with Crippen molar-refractivity contribution in [2.24, 2.45) is 0 Å². The van der Waals surface area contributed by atoms with Gasteiger partial charge in [-0.25, -0.2) is 4.79 Å². The van der Waals surface area contributed by atoms with Crippen molar-refractivity contribution in [3.05, 3.63) is 22.9 Å². The number of carboxylic acid groups (broad SMARTS) is 1. The fourth-order valence-electron chi connectivity index (χ4n) is 0.341. The van der Waals surface area contributed by atoms with Gasteiger partial charge in [0.05, 0.1) is 5.03 Å². The minimum atomic E-state index is -1.47. The number of carboxylic acids is 1. The first-order valence-electron chi connectivity index (χ1n) is 2.96. The molecule has 0 aromatic carbocycles. The molecule has 5 heteroatoms.